The number of hydrogen-bond acceptors (Lipinski definition) is 3. The van der Waals surface area contributed by atoms with Crippen molar-refractivity contribution in [3.8, 4) is 0 Å². The van der Waals surface area contributed by atoms with Crippen LogP contribution in [0.25, 0.3) is 0 Å². The van der Waals surface area contributed by atoms with E-state index in [2.05, 4.69) is 12.2 Å². The zero-order chi connectivity index (χ0) is 12.5. The van der Waals surface area contributed by atoms with Gasteiger partial charge in [0.15, 0.2) is 0 Å². The van der Waals surface area contributed by atoms with Gasteiger partial charge >= 0.3 is 0 Å². The standard InChI is InChI=1S/C12H24N2O2S/c1-3-12(10-4-5-10)13-11-6-8-14(9-7-11)17(2,15)16/h10-13H,3-9H2,1-2H3. The summed E-state index contributed by atoms with van der Waals surface area (Å²) in [7, 11) is -2.98. The average molecular weight is 260 g/mol. The minimum absolute atomic E-state index is 0.513. The summed E-state index contributed by atoms with van der Waals surface area (Å²) >= 11 is 0. The molecule has 1 heterocycles. The fourth-order valence-corrected chi connectivity index (χ4v) is 3.62. The Morgan fingerprint density at radius 2 is 1.82 bits per heavy atom. The molecule has 100 valence electrons. The van der Waals surface area contributed by atoms with Crippen molar-refractivity contribution in [1.29, 1.82) is 0 Å². The molecule has 0 aromatic heterocycles. The van der Waals surface area contributed by atoms with Crippen molar-refractivity contribution in [1.82, 2.24) is 9.62 Å². The van der Waals surface area contributed by atoms with Crippen LogP contribution in [0.5, 0.6) is 0 Å². The fraction of sp³-hybridized carbons (Fsp3) is 1.00. The highest BCUT2D eigenvalue weighted by atomic mass is 32.2. The van der Waals surface area contributed by atoms with Gasteiger partial charge in [-0.15, -0.1) is 0 Å². The van der Waals surface area contributed by atoms with E-state index >= 15 is 0 Å². The lowest BCUT2D eigenvalue weighted by Crippen LogP contribution is -2.47. The van der Waals surface area contributed by atoms with Gasteiger partial charge in [0.2, 0.25) is 10.0 Å². The number of piperidine rings is 1. The van der Waals surface area contributed by atoms with Gasteiger partial charge in [-0.1, -0.05) is 6.92 Å². The van der Waals surface area contributed by atoms with E-state index < -0.39 is 10.0 Å². The van der Waals surface area contributed by atoms with Gasteiger partial charge in [-0.3, -0.25) is 0 Å². The zero-order valence-electron chi connectivity index (χ0n) is 10.9. The van der Waals surface area contributed by atoms with E-state index in [0.717, 1.165) is 18.8 Å². The average Bonchev–Trinajstić information content (AvgIpc) is 3.09. The Hall–Kier alpha value is -0.130. The Labute approximate surface area is 105 Å². The van der Waals surface area contributed by atoms with E-state index in [1.54, 1.807) is 4.31 Å². The quantitative estimate of drug-likeness (QED) is 0.808. The predicted octanol–water partition coefficient (Wildman–Crippen LogP) is 1.19. The second kappa shape index (κ2) is 5.24. The maximum atomic E-state index is 11.4. The number of hydrogen-bond donors (Lipinski definition) is 1. The first-order valence-electron chi connectivity index (χ1n) is 6.72. The number of nitrogens with zero attached hydrogens (tertiary/aromatic N) is 1. The van der Waals surface area contributed by atoms with E-state index in [1.165, 1.54) is 25.5 Å². The largest absolute Gasteiger partial charge is 0.311 e. The van der Waals surface area contributed by atoms with Crippen LogP contribution < -0.4 is 5.32 Å². The lowest BCUT2D eigenvalue weighted by atomic mass is 10.0. The van der Waals surface area contributed by atoms with Crippen LogP contribution in [0.15, 0.2) is 0 Å². The number of nitrogens with one attached hydrogen (secondary N) is 1. The van der Waals surface area contributed by atoms with Gasteiger partial charge in [0.05, 0.1) is 6.26 Å². The molecule has 17 heavy (non-hydrogen) atoms. The molecule has 1 aliphatic carbocycles. The maximum Gasteiger partial charge on any atom is 0.211 e. The fourth-order valence-electron chi connectivity index (χ4n) is 2.74. The second-order valence-electron chi connectivity index (χ2n) is 5.46. The molecule has 0 amide bonds. The van der Waals surface area contributed by atoms with E-state index in [0.29, 0.717) is 25.2 Å². The minimum Gasteiger partial charge on any atom is -0.311 e. The lowest BCUT2D eigenvalue weighted by Gasteiger charge is -2.33. The third-order valence-electron chi connectivity index (χ3n) is 4.00. The normalized spacial score (nSPS) is 26.0. The van der Waals surface area contributed by atoms with Gasteiger partial charge in [0.1, 0.15) is 0 Å². The molecule has 1 saturated heterocycles. The van der Waals surface area contributed by atoms with E-state index in [9.17, 15) is 8.42 Å². The van der Waals surface area contributed by atoms with E-state index in [4.69, 9.17) is 0 Å². The monoisotopic (exact) mass is 260 g/mol. The van der Waals surface area contributed by atoms with Crippen LogP contribution in [-0.2, 0) is 10.0 Å². The third-order valence-corrected chi connectivity index (χ3v) is 5.31. The molecule has 1 atom stereocenters. The van der Waals surface area contributed by atoms with Crippen LogP contribution >= 0.6 is 0 Å². The smallest absolute Gasteiger partial charge is 0.211 e. The first kappa shape index (κ1) is 13.3. The van der Waals surface area contributed by atoms with Gasteiger partial charge in [-0.2, -0.15) is 0 Å². The first-order valence-corrected chi connectivity index (χ1v) is 8.56. The van der Waals surface area contributed by atoms with Crippen LogP contribution in [0, 0.1) is 5.92 Å². The van der Waals surface area contributed by atoms with Gasteiger partial charge in [0.25, 0.3) is 0 Å². The molecule has 0 spiro atoms. The van der Waals surface area contributed by atoms with Crippen molar-refractivity contribution in [2.75, 3.05) is 19.3 Å². The van der Waals surface area contributed by atoms with Crippen LogP contribution in [0.2, 0.25) is 0 Å². The molecule has 2 fully saturated rings. The highest BCUT2D eigenvalue weighted by molar-refractivity contribution is 7.88. The van der Waals surface area contributed by atoms with Crippen LogP contribution in [0.4, 0.5) is 0 Å². The summed E-state index contributed by atoms with van der Waals surface area (Å²) in [6.45, 7) is 3.59. The molecular weight excluding hydrogens is 236 g/mol. The first-order chi connectivity index (χ1) is 8.00. The zero-order valence-corrected chi connectivity index (χ0v) is 11.7. The van der Waals surface area contributed by atoms with Crippen molar-refractivity contribution in [2.45, 2.75) is 51.1 Å². The number of rotatable bonds is 5. The van der Waals surface area contributed by atoms with Crippen LogP contribution in [0.1, 0.15) is 39.0 Å². The summed E-state index contributed by atoms with van der Waals surface area (Å²) < 4.78 is 24.4. The molecule has 0 aromatic rings. The molecule has 1 unspecified atom stereocenters. The van der Waals surface area contributed by atoms with Gasteiger partial charge in [-0.05, 0) is 38.0 Å². The molecule has 4 nitrogen and oxygen atoms in total. The Kier molecular flexibility index (Phi) is 4.10. The summed E-state index contributed by atoms with van der Waals surface area (Å²) in [5.41, 5.74) is 0. The molecule has 0 radical (unpaired) electrons. The SMILES string of the molecule is CCC(NC1CCN(S(C)(=O)=O)CC1)C1CC1. The Balaban J connectivity index is 1.78. The molecule has 1 aliphatic heterocycles. The second-order valence-corrected chi connectivity index (χ2v) is 7.44. The van der Waals surface area contributed by atoms with Crippen molar-refractivity contribution in [3.63, 3.8) is 0 Å². The third kappa shape index (κ3) is 3.66. The Morgan fingerprint density at radius 3 is 2.24 bits per heavy atom. The predicted molar refractivity (Wildman–Crippen MR) is 69.4 cm³/mol. The molecule has 2 aliphatic rings. The van der Waals surface area contributed by atoms with Gasteiger partial charge in [0, 0.05) is 25.2 Å². The van der Waals surface area contributed by atoms with E-state index in [1.807, 2.05) is 0 Å². The summed E-state index contributed by atoms with van der Waals surface area (Å²) in [6.07, 6.45) is 7.14. The Morgan fingerprint density at radius 1 is 1.24 bits per heavy atom. The topological polar surface area (TPSA) is 49.4 Å². The van der Waals surface area contributed by atoms with Crippen molar-refractivity contribution in [2.24, 2.45) is 5.92 Å². The van der Waals surface area contributed by atoms with Crippen molar-refractivity contribution >= 4 is 10.0 Å². The highest BCUT2D eigenvalue weighted by Gasteiger charge is 2.32. The molecule has 1 saturated carbocycles. The molecular formula is C12H24N2O2S. The van der Waals surface area contributed by atoms with Crippen molar-refractivity contribution < 1.29 is 8.42 Å². The van der Waals surface area contributed by atoms with Gasteiger partial charge in [-0.25, -0.2) is 12.7 Å². The molecule has 2 rings (SSSR count). The van der Waals surface area contributed by atoms with E-state index in [-0.39, 0.29) is 0 Å². The summed E-state index contributed by atoms with van der Waals surface area (Å²) in [5.74, 6) is 0.882. The maximum absolute atomic E-state index is 11.4. The summed E-state index contributed by atoms with van der Waals surface area (Å²) in [4.78, 5) is 0. The molecule has 1 N–H and O–H groups in total. The van der Waals surface area contributed by atoms with Crippen LogP contribution in [-0.4, -0.2) is 44.2 Å². The number of sulfonamides is 1. The highest BCUT2D eigenvalue weighted by Crippen LogP contribution is 2.34. The molecule has 5 heteroatoms. The van der Waals surface area contributed by atoms with Gasteiger partial charge < -0.3 is 5.32 Å². The van der Waals surface area contributed by atoms with Crippen molar-refractivity contribution in [3.05, 3.63) is 0 Å². The lowest BCUT2D eigenvalue weighted by molar-refractivity contribution is 0.264. The minimum atomic E-state index is -2.98. The molecule has 0 bridgehead atoms. The summed E-state index contributed by atoms with van der Waals surface area (Å²) in [6, 6.07) is 1.17. The van der Waals surface area contributed by atoms with Crippen LogP contribution in [0.3, 0.4) is 0 Å². The summed E-state index contributed by atoms with van der Waals surface area (Å²) in [5, 5.41) is 3.72. The Bertz CT molecular complexity index is 344. The molecule has 0 aromatic carbocycles.